The second-order valence-electron chi connectivity index (χ2n) is 11.4. The number of halogens is 1. The van der Waals surface area contributed by atoms with Gasteiger partial charge in [-0.3, -0.25) is 4.79 Å². The number of carbonyl (C=O) groups is 3. The highest BCUT2D eigenvalue weighted by molar-refractivity contribution is 5.83. The molecule has 4 N–H and O–H groups in total. The largest absolute Gasteiger partial charge is 0.479 e. The Hall–Kier alpha value is -4.21. The molecule has 2 aliphatic heterocycles. The monoisotopic (exact) mass is 656 g/mol. The van der Waals surface area contributed by atoms with Gasteiger partial charge in [0.1, 0.15) is 5.82 Å². The number of likely N-dealkylation sites (tertiary alicyclic amines) is 1. The van der Waals surface area contributed by atoms with Gasteiger partial charge in [0.2, 0.25) is 5.91 Å². The Morgan fingerprint density at radius 1 is 0.915 bits per heavy atom. The molecule has 3 aromatic rings. The summed E-state index contributed by atoms with van der Waals surface area (Å²) >= 11 is 0. The van der Waals surface area contributed by atoms with E-state index in [2.05, 4.69) is 10.00 Å². The van der Waals surface area contributed by atoms with E-state index in [9.17, 15) is 18.8 Å². The lowest BCUT2D eigenvalue weighted by Gasteiger charge is -2.39. The van der Waals surface area contributed by atoms with Crippen molar-refractivity contribution in [3.63, 3.8) is 0 Å². The minimum absolute atomic E-state index is 0.0947. The summed E-state index contributed by atoms with van der Waals surface area (Å²) in [7, 11) is 0. The molecule has 0 radical (unpaired) electrons. The molecule has 3 heterocycles. The highest BCUT2D eigenvalue weighted by atomic mass is 19.1. The number of hydrogen-bond donors (Lipinski definition) is 4. The van der Waals surface area contributed by atoms with Crippen LogP contribution in [0.25, 0.3) is 5.69 Å². The zero-order valence-electron chi connectivity index (χ0n) is 25.9. The number of rotatable bonds is 12. The molecule has 2 fully saturated rings. The lowest BCUT2D eigenvalue weighted by Crippen LogP contribution is -2.48. The molecule has 0 unspecified atom stereocenters. The molecule has 47 heavy (non-hydrogen) atoms. The molecule has 2 aromatic carbocycles. The molecule has 254 valence electrons. The smallest absolute Gasteiger partial charge is 0.335 e. The van der Waals surface area contributed by atoms with E-state index in [0.29, 0.717) is 13.0 Å². The molecule has 0 aliphatic carbocycles. The Labute approximate surface area is 271 Å². The van der Waals surface area contributed by atoms with E-state index in [-0.39, 0.29) is 24.1 Å². The lowest BCUT2D eigenvalue weighted by atomic mass is 10.0. The Morgan fingerprint density at radius 2 is 1.51 bits per heavy atom. The van der Waals surface area contributed by atoms with Crippen molar-refractivity contribution < 1.29 is 48.7 Å². The summed E-state index contributed by atoms with van der Waals surface area (Å²) in [5.41, 5.74) is 2.87. The quantitative estimate of drug-likeness (QED) is 0.225. The van der Waals surface area contributed by atoms with Crippen LogP contribution < -0.4 is 0 Å². The Balaban J connectivity index is 0.000000434. The minimum atomic E-state index is -2.27. The van der Waals surface area contributed by atoms with Gasteiger partial charge in [-0.1, -0.05) is 24.3 Å². The first-order valence-corrected chi connectivity index (χ1v) is 15.5. The van der Waals surface area contributed by atoms with Crippen molar-refractivity contribution in [3.05, 3.63) is 83.9 Å². The van der Waals surface area contributed by atoms with Crippen LogP contribution in [0.3, 0.4) is 0 Å². The van der Waals surface area contributed by atoms with Gasteiger partial charge in [-0.15, -0.1) is 0 Å². The van der Waals surface area contributed by atoms with E-state index in [1.807, 2.05) is 41.4 Å². The maximum Gasteiger partial charge on any atom is 0.335 e. The summed E-state index contributed by atoms with van der Waals surface area (Å²) in [4.78, 5) is 37.6. The molecule has 13 nitrogen and oxygen atoms in total. The summed E-state index contributed by atoms with van der Waals surface area (Å²) in [6, 6.07) is 16.4. The molecule has 0 saturated carbocycles. The zero-order chi connectivity index (χ0) is 33.8. The molecule has 0 spiro atoms. The molecular weight excluding hydrogens is 615 g/mol. The molecule has 2 saturated heterocycles. The van der Waals surface area contributed by atoms with Crippen LogP contribution in [0.15, 0.2) is 67.0 Å². The van der Waals surface area contributed by atoms with E-state index >= 15 is 0 Å². The molecule has 2 atom stereocenters. The molecule has 1 aromatic heterocycles. The zero-order valence-corrected chi connectivity index (χ0v) is 25.9. The van der Waals surface area contributed by atoms with Crippen LogP contribution in [0.1, 0.15) is 36.8 Å². The maximum absolute atomic E-state index is 13.6. The van der Waals surface area contributed by atoms with Crippen molar-refractivity contribution in [1.82, 2.24) is 19.6 Å². The van der Waals surface area contributed by atoms with Crippen LogP contribution in [0, 0.1) is 5.82 Å². The van der Waals surface area contributed by atoms with Crippen LogP contribution in [-0.2, 0) is 36.8 Å². The maximum atomic E-state index is 13.6. The first kappa shape index (κ1) is 35.6. The molecule has 0 bridgehead atoms. The Bertz CT molecular complexity index is 1390. The summed E-state index contributed by atoms with van der Waals surface area (Å²) < 4.78 is 26.7. The minimum Gasteiger partial charge on any atom is -0.479 e. The van der Waals surface area contributed by atoms with E-state index < -0.39 is 24.1 Å². The molecule has 2 aliphatic rings. The number of carboxylic acids is 2. The van der Waals surface area contributed by atoms with Gasteiger partial charge in [0, 0.05) is 51.0 Å². The molecule has 5 rings (SSSR count). The SMILES string of the molecule is O=C(Cc1ccc(-n2cccn2)cc1)N(Cc1ccc(F)cc1)C1CCN(CCC2OCCCO2)CC1.O=C(O)[C@H](O)[C@@H](O)C(=O)O. The third kappa shape index (κ3) is 10.9. The number of piperidine rings is 1. The number of carboxylic acid groups (broad SMARTS) is 2. The number of amides is 1. The predicted molar refractivity (Wildman–Crippen MR) is 166 cm³/mol. The first-order chi connectivity index (χ1) is 22.6. The van der Waals surface area contributed by atoms with Gasteiger partial charge < -0.3 is 39.7 Å². The van der Waals surface area contributed by atoms with E-state index in [1.165, 1.54) is 12.1 Å². The van der Waals surface area contributed by atoms with E-state index in [1.54, 1.807) is 23.0 Å². The average molecular weight is 657 g/mol. The average Bonchev–Trinajstić information content (AvgIpc) is 3.63. The van der Waals surface area contributed by atoms with Crippen LogP contribution in [0.5, 0.6) is 0 Å². The molecular formula is C33H41FN4O9. The second-order valence-corrected chi connectivity index (χ2v) is 11.4. The standard InChI is InChI=1S/C29H35FN4O3.C4H6O6/c30-25-7-3-24(4-8-25)22-33(26-11-16-32(17-12-26)18-13-29-36-19-2-20-37-29)28(35)21-23-5-9-27(10-6-23)34-15-1-14-31-34;5-1(3(7)8)2(6)4(9)10/h1,3-10,14-15,26,29H,2,11-13,16-22H2;1-2,5-6H,(H,7,8)(H,9,10)/t;1-,2-/m.1/s1. The molecule has 14 heteroatoms. The number of aliphatic hydroxyl groups is 2. The van der Waals surface area contributed by atoms with Crippen LogP contribution in [-0.4, -0.2) is 115 Å². The number of ether oxygens (including phenoxy) is 2. The summed E-state index contributed by atoms with van der Waals surface area (Å²) in [5, 5.41) is 36.8. The summed E-state index contributed by atoms with van der Waals surface area (Å²) in [5.74, 6) is -3.71. The topological polar surface area (TPSA) is 175 Å². The van der Waals surface area contributed by atoms with Crippen molar-refractivity contribution in [2.24, 2.45) is 0 Å². The van der Waals surface area contributed by atoms with Crippen molar-refractivity contribution >= 4 is 17.8 Å². The van der Waals surface area contributed by atoms with Crippen molar-refractivity contribution in [2.75, 3.05) is 32.8 Å². The molecule has 1 amide bonds. The highest BCUT2D eigenvalue weighted by Crippen LogP contribution is 2.22. The van der Waals surface area contributed by atoms with Crippen molar-refractivity contribution in [2.45, 2.75) is 63.2 Å². The number of aromatic nitrogens is 2. The van der Waals surface area contributed by atoms with Crippen LogP contribution in [0.2, 0.25) is 0 Å². The number of nitrogens with zero attached hydrogens (tertiary/aromatic N) is 4. The lowest BCUT2D eigenvalue weighted by molar-refractivity contribution is -0.183. The van der Waals surface area contributed by atoms with Crippen LogP contribution in [0.4, 0.5) is 4.39 Å². The van der Waals surface area contributed by atoms with Crippen molar-refractivity contribution in [1.29, 1.82) is 0 Å². The highest BCUT2D eigenvalue weighted by Gasteiger charge is 2.30. The fraction of sp³-hybridized carbons (Fsp3) is 0.455. The van der Waals surface area contributed by atoms with Gasteiger partial charge >= 0.3 is 11.9 Å². The normalized spacial score (nSPS) is 17.3. The second kappa shape index (κ2) is 17.6. The van der Waals surface area contributed by atoms with Crippen molar-refractivity contribution in [3.8, 4) is 5.69 Å². The summed E-state index contributed by atoms with van der Waals surface area (Å²) in [6.45, 7) is 4.84. The first-order valence-electron chi connectivity index (χ1n) is 15.5. The number of aliphatic hydroxyl groups excluding tert-OH is 2. The third-order valence-corrected chi connectivity index (χ3v) is 8.03. The Kier molecular flexibility index (Phi) is 13.4. The predicted octanol–water partition coefficient (Wildman–Crippen LogP) is 2.08. The van der Waals surface area contributed by atoms with Gasteiger partial charge in [0.15, 0.2) is 18.5 Å². The fourth-order valence-corrected chi connectivity index (χ4v) is 5.39. The van der Waals surface area contributed by atoms with E-state index in [0.717, 1.165) is 75.3 Å². The van der Waals surface area contributed by atoms with Gasteiger partial charge in [-0.2, -0.15) is 5.10 Å². The van der Waals surface area contributed by atoms with Gasteiger partial charge in [0.05, 0.1) is 25.3 Å². The number of carbonyl (C=O) groups excluding carboxylic acids is 1. The number of benzene rings is 2. The van der Waals surface area contributed by atoms with Crippen LogP contribution >= 0.6 is 0 Å². The fourth-order valence-electron chi connectivity index (χ4n) is 5.39. The Morgan fingerprint density at radius 3 is 2.06 bits per heavy atom. The van der Waals surface area contributed by atoms with Gasteiger partial charge in [-0.25, -0.2) is 18.7 Å². The van der Waals surface area contributed by atoms with Gasteiger partial charge in [-0.05, 0) is 60.7 Å². The number of hydrogen-bond acceptors (Lipinski definition) is 9. The number of aliphatic carboxylic acids is 2. The van der Waals surface area contributed by atoms with E-state index in [4.69, 9.17) is 29.9 Å². The third-order valence-electron chi connectivity index (χ3n) is 8.03. The summed E-state index contributed by atoms with van der Waals surface area (Å²) in [6.07, 6.45) is 3.01. The van der Waals surface area contributed by atoms with Gasteiger partial charge in [0.25, 0.3) is 0 Å².